The van der Waals surface area contributed by atoms with E-state index in [0.29, 0.717) is 17.9 Å². The van der Waals surface area contributed by atoms with E-state index < -0.39 is 0 Å². The molecule has 1 atom stereocenters. The summed E-state index contributed by atoms with van der Waals surface area (Å²) in [7, 11) is 3.47. The van der Waals surface area contributed by atoms with Crippen LogP contribution < -0.4 is 9.47 Å². The molecule has 0 radical (unpaired) electrons. The average Bonchev–Trinajstić information content (AvgIpc) is 3.01. The van der Waals surface area contributed by atoms with E-state index in [-0.39, 0.29) is 12.0 Å². The van der Waals surface area contributed by atoms with E-state index in [2.05, 4.69) is 9.97 Å². The summed E-state index contributed by atoms with van der Waals surface area (Å²) >= 11 is 0. The van der Waals surface area contributed by atoms with Crippen LogP contribution in [0.2, 0.25) is 0 Å². The third-order valence-corrected chi connectivity index (χ3v) is 4.50. The van der Waals surface area contributed by atoms with Crippen molar-refractivity contribution in [1.82, 2.24) is 14.9 Å². The lowest BCUT2D eigenvalue weighted by atomic mass is 10.0. The zero-order chi connectivity index (χ0) is 18.3. The number of H-pyrrole nitrogens is 1. The highest BCUT2D eigenvalue weighted by Gasteiger charge is 2.24. The number of nitrogens with zero attached hydrogens (tertiary/aromatic N) is 2. The summed E-state index contributed by atoms with van der Waals surface area (Å²) < 4.78 is 12.1. The molecule has 0 unspecified atom stereocenters. The first-order chi connectivity index (χ1) is 12.5. The molecule has 1 aliphatic heterocycles. The quantitative estimate of drug-likeness (QED) is 0.784. The molecule has 0 saturated heterocycles. The summed E-state index contributed by atoms with van der Waals surface area (Å²) in [5.41, 5.74) is 3.12. The highest BCUT2D eigenvalue weighted by molar-refractivity contribution is 5.99. The lowest BCUT2D eigenvalue weighted by Crippen LogP contribution is -2.22. The normalized spacial score (nSPS) is 16.0. The molecule has 4 rings (SSSR count). The summed E-state index contributed by atoms with van der Waals surface area (Å²) in [4.78, 5) is 21.8. The SMILES string of the molecule is Cc1nc2c(O[C@H]3CCOc4ccccc43)cc(C(=O)N(C)C)cc2[nH]1. The molecule has 1 N–H and O–H groups in total. The van der Waals surface area contributed by atoms with E-state index in [1.54, 1.807) is 25.1 Å². The zero-order valence-corrected chi connectivity index (χ0v) is 15.1. The summed E-state index contributed by atoms with van der Waals surface area (Å²) in [6.45, 7) is 2.49. The minimum atomic E-state index is -0.134. The van der Waals surface area contributed by atoms with Gasteiger partial charge in [-0.2, -0.15) is 0 Å². The Morgan fingerprint density at radius 1 is 1.31 bits per heavy atom. The number of ether oxygens (including phenoxy) is 2. The maximum Gasteiger partial charge on any atom is 0.253 e. The van der Waals surface area contributed by atoms with Crippen molar-refractivity contribution >= 4 is 16.9 Å². The highest BCUT2D eigenvalue weighted by Crippen LogP contribution is 2.37. The van der Waals surface area contributed by atoms with Gasteiger partial charge in [0.2, 0.25) is 0 Å². The molecule has 1 amide bonds. The van der Waals surface area contributed by atoms with Crippen molar-refractivity contribution < 1.29 is 14.3 Å². The number of carbonyl (C=O) groups is 1. The molecule has 26 heavy (non-hydrogen) atoms. The van der Waals surface area contributed by atoms with Crippen LogP contribution in [0.5, 0.6) is 11.5 Å². The number of hydrogen-bond donors (Lipinski definition) is 1. The largest absolute Gasteiger partial charge is 0.493 e. The van der Waals surface area contributed by atoms with Crippen molar-refractivity contribution in [2.24, 2.45) is 0 Å². The van der Waals surface area contributed by atoms with Gasteiger partial charge in [0, 0.05) is 31.6 Å². The molecule has 6 heteroatoms. The fourth-order valence-electron chi connectivity index (χ4n) is 3.27. The Bertz CT molecular complexity index is 978. The molecule has 2 aromatic carbocycles. The number of aromatic amines is 1. The van der Waals surface area contributed by atoms with Gasteiger partial charge in [0.15, 0.2) is 0 Å². The number of benzene rings is 2. The Kier molecular flexibility index (Phi) is 4.03. The molecule has 2 heterocycles. The minimum absolute atomic E-state index is 0.0728. The van der Waals surface area contributed by atoms with Crippen LogP contribution in [0.15, 0.2) is 36.4 Å². The molecule has 0 saturated carbocycles. The smallest absolute Gasteiger partial charge is 0.253 e. The topological polar surface area (TPSA) is 67.5 Å². The fraction of sp³-hybridized carbons (Fsp3) is 0.300. The summed E-state index contributed by atoms with van der Waals surface area (Å²) in [6, 6.07) is 11.5. The minimum Gasteiger partial charge on any atom is -0.493 e. The predicted molar refractivity (Wildman–Crippen MR) is 98.8 cm³/mol. The van der Waals surface area contributed by atoms with E-state index >= 15 is 0 Å². The second-order valence-corrected chi connectivity index (χ2v) is 6.67. The molecule has 0 spiro atoms. The molecule has 0 aliphatic carbocycles. The number of fused-ring (bicyclic) bond motifs is 2. The van der Waals surface area contributed by atoms with E-state index in [9.17, 15) is 4.79 Å². The van der Waals surface area contributed by atoms with E-state index in [0.717, 1.165) is 34.6 Å². The van der Waals surface area contributed by atoms with Gasteiger partial charge in [0.1, 0.15) is 28.9 Å². The van der Waals surface area contributed by atoms with Crippen molar-refractivity contribution in [2.45, 2.75) is 19.4 Å². The fourth-order valence-corrected chi connectivity index (χ4v) is 3.27. The number of amides is 1. The lowest BCUT2D eigenvalue weighted by molar-refractivity contribution is 0.0826. The summed E-state index contributed by atoms with van der Waals surface area (Å²) in [5.74, 6) is 2.17. The second kappa shape index (κ2) is 6.37. The number of aromatic nitrogens is 2. The molecule has 134 valence electrons. The van der Waals surface area contributed by atoms with Gasteiger partial charge < -0.3 is 19.4 Å². The Hall–Kier alpha value is -3.02. The number of hydrogen-bond acceptors (Lipinski definition) is 4. The highest BCUT2D eigenvalue weighted by atomic mass is 16.5. The average molecular weight is 351 g/mol. The van der Waals surface area contributed by atoms with Gasteiger partial charge in [-0.1, -0.05) is 18.2 Å². The molecule has 1 aliphatic rings. The number of para-hydroxylation sites is 1. The number of nitrogens with one attached hydrogen (secondary N) is 1. The molecule has 0 fully saturated rings. The first-order valence-electron chi connectivity index (χ1n) is 8.63. The van der Waals surface area contributed by atoms with Crippen LogP contribution in [-0.4, -0.2) is 41.5 Å². The van der Waals surface area contributed by atoms with Crippen LogP contribution in [0.3, 0.4) is 0 Å². The van der Waals surface area contributed by atoms with Crippen LogP contribution in [0.4, 0.5) is 0 Å². The molecule has 6 nitrogen and oxygen atoms in total. The molecule has 1 aromatic heterocycles. The van der Waals surface area contributed by atoms with Crippen LogP contribution in [0.25, 0.3) is 11.0 Å². The first kappa shape index (κ1) is 16.4. The Labute approximate surface area is 151 Å². The maximum atomic E-state index is 12.5. The Morgan fingerprint density at radius 2 is 2.12 bits per heavy atom. The van der Waals surface area contributed by atoms with Gasteiger partial charge in [0.25, 0.3) is 5.91 Å². The number of carbonyl (C=O) groups excluding carboxylic acids is 1. The summed E-state index contributed by atoms with van der Waals surface area (Å²) in [5, 5.41) is 0. The third-order valence-electron chi connectivity index (χ3n) is 4.50. The van der Waals surface area contributed by atoms with E-state index in [4.69, 9.17) is 9.47 Å². The van der Waals surface area contributed by atoms with Crippen molar-refractivity contribution in [3.8, 4) is 11.5 Å². The number of rotatable bonds is 3. The maximum absolute atomic E-state index is 12.5. The van der Waals surface area contributed by atoms with Gasteiger partial charge in [-0.25, -0.2) is 4.98 Å². The Balaban J connectivity index is 1.77. The summed E-state index contributed by atoms with van der Waals surface area (Å²) in [6.07, 6.45) is 0.609. The van der Waals surface area contributed by atoms with Crippen molar-refractivity contribution in [1.29, 1.82) is 0 Å². The first-order valence-corrected chi connectivity index (χ1v) is 8.63. The molecule has 3 aromatic rings. The standard InChI is InChI=1S/C20H21N3O3/c1-12-21-15-10-13(20(24)23(2)3)11-18(19(15)22-12)26-17-8-9-25-16-7-5-4-6-14(16)17/h4-7,10-11,17H,8-9H2,1-3H3,(H,21,22)/t17-/m0/s1. The number of imidazole rings is 1. The van der Waals surface area contributed by atoms with Crippen molar-refractivity contribution in [3.63, 3.8) is 0 Å². The lowest BCUT2D eigenvalue weighted by Gasteiger charge is -2.26. The molecular weight excluding hydrogens is 330 g/mol. The molecule has 0 bridgehead atoms. The third kappa shape index (κ3) is 2.87. The van der Waals surface area contributed by atoms with Gasteiger partial charge in [-0.05, 0) is 25.1 Å². The Morgan fingerprint density at radius 3 is 2.92 bits per heavy atom. The van der Waals surface area contributed by atoms with Gasteiger partial charge in [-0.15, -0.1) is 0 Å². The molecular formula is C20H21N3O3. The monoisotopic (exact) mass is 351 g/mol. The second-order valence-electron chi connectivity index (χ2n) is 6.67. The number of aryl methyl sites for hydroxylation is 1. The van der Waals surface area contributed by atoms with Crippen LogP contribution in [-0.2, 0) is 0 Å². The van der Waals surface area contributed by atoms with Crippen molar-refractivity contribution in [3.05, 3.63) is 53.3 Å². The van der Waals surface area contributed by atoms with E-state index in [1.165, 1.54) is 0 Å². The van der Waals surface area contributed by atoms with Gasteiger partial charge in [-0.3, -0.25) is 4.79 Å². The van der Waals surface area contributed by atoms with E-state index in [1.807, 2.05) is 37.3 Å². The van der Waals surface area contributed by atoms with Crippen LogP contribution in [0, 0.1) is 6.92 Å². The van der Waals surface area contributed by atoms with Crippen LogP contribution in [0.1, 0.15) is 34.3 Å². The predicted octanol–water partition coefficient (Wildman–Crippen LogP) is 3.48. The van der Waals surface area contributed by atoms with Gasteiger partial charge >= 0.3 is 0 Å². The van der Waals surface area contributed by atoms with Gasteiger partial charge in [0.05, 0.1) is 12.1 Å². The van der Waals surface area contributed by atoms with Crippen LogP contribution >= 0.6 is 0 Å². The van der Waals surface area contributed by atoms with Crippen molar-refractivity contribution in [2.75, 3.05) is 20.7 Å². The zero-order valence-electron chi connectivity index (χ0n) is 15.1.